The summed E-state index contributed by atoms with van der Waals surface area (Å²) in [7, 11) is -2.06. The first-order valence-electron chi connectivity index (χ1n) is 9.90. The lowest BCUT2D eigenvalue weighted by atomic mass is 10.0. The number of benzene rings is 3. The summed E-state index contributed by atoms with van der Waals surface area (Å²) in [4.78, 5) is 5.00. The Morgan fingerprint density at radius 1 is 1.00 bits per heavy atom. The predicted octanol–water partition coefficient (Wildman–Crippen LogP) is 3.50. The lowest BCUT2D eigenvalue weighted by Crippen LogP contribution is -2.39. The van der Waals surface area contributed by atoms with Gasteiger partial charge in [-0.15, -0.1) is 4.68 Å². The molecule has 0 amide bonds. The third-order valence-electron chi connectivity index (χ3n) is 5.25. The largest absolute Gasteiger partial charge is 0.397 e. The molecular weight excluding hydrogens is 446 g/mol. The molecule has 0 saturated carbocycles. The molecule has 0 aliphatic carbocycles. The summed E-state index contributed by atoms with van der Waals surface area (Å²) < 4.78 is 32.1. The standard InChI is InChI=1S/C23H19ClN5O2S/c1-28-21-15-25-22(16-8-4-2-5-9-16)19-14-17(24)12-13-20(19)29(21)23(26-28)27-32(30,31)18-10-6-3-7-11-18/h2-14H,15H2,1H3,(H,26,27)/q+1. The maximum atomic E-state index is 13.0. The summed E-state index contributed by atoms with van der Waals surface area (Å²) >= 11 is 6.34. The topological polar surface area (TPSA) is 80.2 Å². The molecule has 160 valence electrons. The zero-order chi connectivity index (χ0) is 22.3. The minimum absolute atomic E-state index is 0.158. The van der Waals surface area contributed by atoms with Gasteiger partial charge in [0.2, 0.25) is 5.82 Å². The van der Waals surface area contributed by atoms with E-state index in [1.165, 1.54) is 0 Å². The fraction of sp³-hybridized carbons (Fsp3) is 0.0870. The number of hydrogen-bond donors (Lipinski definition) is 1. The number of aliphatic imine (C=N–C) groups is 1. The van der Waals surface area contributed by atoms with Crippen LogP contribution in [-0.2, 0) is 23.6 Å². The molecule has 0 bridgehead atoms. The summed E-state index contributed by atoms with van der Waals surface area (Å²) in [5.74, 6) is 0.907. The lowest BCUT2D eigenvalue weighted by molar-refractivity contribution is -0.589. The number of aromatic nitrogens is 3. The fourth-order valence-electron chi connectivity index (χ4n) is 3.75. The normalized spacial score (nSPS) is 13.0. The summed E-state index contributed by atoms with van der Waals surface area (Å²) in [5, 5.41) is 5.01. The monoisotopic (exact) mass is 464 g/mol. The summed E-state index contributed by atoms with van der Waals surface area (Å²) in [5.41, 5.74) is 3.26. The van der Waals surface area contributed by atoms with E-state index in [9.17, 15) is 8.42 Å². The molecule has 2 heterocycles. The summed E-state index contributed by atoms with van der Waals surface area (Å²) in [6.07, 6.45) is 0. The molecule has 0 fully saturated rings. The molecule has 0 unspecified atom stereocenters. The first-order chi connectivity index (χ1) is 15.4. The zero-order valence-corrected chi connectivity index (χ0v) is 18.7. The van der Waals surface area contributed by atoms with Crippen LogP contribution in [0.2, 0.25) is 5.02 Å². The molecule has 3 aromatic carbocycles. The molecule has 1 N–H and O–H groups in total. The predicted molar refractivity (Wildman–Crippen MR) is 123 cm³/mol. The van der Waals surface area contributed by atoms with Gasteiger partial charge in [0.25, 0.3) is 10.0 Å². The first kappa shape index (κ1) is 20.4. The van der Waals surface area contributed by atoms with Crippen molar-refractivity contribution in [2.24, 2.45) is 12.0 Å². The molecule has 1 aliphatic rings. The van der Waals surface area contributed by atoms with Crippen LogP contribution < -0.4 is 9.29 Å². The zero-order valence-electron chi connectivity index (χ0n) is 17.1. The van der Waals surface area contributed by atoms with Gasteiger partial charge in [0.05, 0.1) is 17.7 Å². The van der Waals surface area contributed by atoms with Gasteiger partial charge in [-0.25, -0.2) is 0 Å². The van der Waals surface area contributed by atoms with Crippen LogP contribution in [0.3, 0.4) is 0 Å². The average molecular weight is 465 g/mol. The number of anilines is 1. The van der Waals surface area contributed by atoms with Gasteiger partial charge in [-0.2, -0.15) is 17.7 Å². The molecule has 7 nitrogen and oxygen atoms in total. The van der Waals surface area contributed by atoms with Gasteiger partial charge < -0.3 is 0 Å². The molecule has 9 heteroatoms. The van der Waals surface area contributed by atoms with Gasteiger partial charge in [0.1, 0.15) is 12.2 Å². The summed E-state index contributed by atoms with van der Waals surface area (Å²) in [6.45, 7) is 0.313. The van der Waals surface area contributed by atoms with Crippen molar-refractivity contribution in [3.8, 4) is 5.69 Å². The van der Waals surface area contributed by atoms with Crippen molar-refractivity contribution in [1.82, 2.24) is 9.78 Å². The molecule has 1 aromatic heterocycles. The Balaban J connectivity index is 1.69. The van der Waals surface area contributed by atoms with Gasteiger partial charge in [-0.05, 0) is 30.3 Å². The highest BCUT2D eigenvalue weighted by atomic mass is 35.5. The molecule has 4 aromatic rings. The Kier molecular flexibility index (Phi) is 5.03. The lowest BCUT2D eigenvalue weighted by Gasteiger charge is -2.11. The van der Waals surface area contributed by atoms with Crippen LogP contribution in [0.15, 0.2) is 88.8 Å². The van der Waals surface area contributed by atoms with Gasteiger partial charge in [-0.3, -0.25) is 4.99 Å². The van der Waals surface area contributed by atoms with Crippen molar-refractivity contribution in [1.29, 1.82) is 0 Å². The van der Waals surface area contributed by atoms with Gasteiger partial charge >= 0.3 is 5.95 Å². The van der Waals surface area contributed by atoms with Crippen LogP contribution in [0.4, 0.5) is 5.95 Å². The second-order valence-corrected chi connectivity index (χ2v) is 9.43. The Labute approximate surface area is 190 Å². The highest BCUT2D eigenvalue weighted by molar-refractivity contribution is 7.92. The average Bonchev–Trinajstić information content (AvgIpc) is 2.99. The van der Waals surface area contributed by atoms with Crippen molar-refractivity contribution in [3.63, 3.8) is 0 Å². The van der Waals surface area contributed by atoms with Crippen molar-refractivity contribution >= 4 is 33.3 Å². The number of sulfonamides is 1. The molecule has 0 radical (unpaired) electrons. The maximum Gasteiger partial charge on any atom is 0.397 e. The Morgan fingerprint density at radius 2 is 1.69 bits per heavy atom. The van der Waals surface area contributed by atoms with Crippen LogP contribution in [0.25, 0.3) is 5.69 Å². The Morgan fingerprint density at radius 3 is 2.41 bits per heavy atom. The Bertz CT molecular complexity index is 1450. The maximum absolute atomic E-state index is 13.0. The molecule has 0 saturated heterocycles. The SMILES string of the molecule is Cn1nc(NS(=O)(=O)c2ccccc2)[n+]2c1CN=C(c1ccccc1)c1cc(Cl)ccc1-2. The van der Waals surface area contributed by atoms with Crippen LogP contribution in [0.1, 0.15) is 17.0 Å². The summed E-state index contributed by atoms with van der Waals surface area (Å²) in [6, 6.07) is 23.5. The second-order valence-electron chi connectivity index (χ2n) is 7.31. The minimum atomic E-state index is -3.83. The van der Waals surface area contributed by atoms with E-state index in [-0.39, 0.29) is 10.8 Å². The molecular formula is C23H19ClN5O2S+. The number of rotatable bonds is 4. The van der Waals surface area contributed by atoms with Crippen molar-refractivity contribution in [2.75, 3.05) is 4.72 Å². The highest BCUT2D eigenvalue weighted by Gasteiger charge is 2.32. The number of hydrogen-bond acceptors (Lipinski definition) is 4. The molecule has 32 heavy (non-hydrogen) atoms. The number of nitrogens with one attached hydrogen (secondary N) is 1. The van der Waals surface area contributed by atoms with Crippen LogP contribution >= 0.6 is 11.6 Å². The van der Waals surface area contributed by atoms with E-state index in [1.54, 1.807) is 52.7 Å². The van der Waals surface area contributed by atoms with Gasteiger partial charge in [0, 0.05) is 21.2 Å². The van der Waals surface area contributed by atoms with Crippen molar-refractivity contribution < 1.29 is 13.0 Å². The van der Waals surface area contributed by atoms with Crippen LogP contribution in [-0.4, -0.2) is 23.9 Å². The van der Waals surface area contributed by atoms with E-state index in [0.717, 1.165) is 28.4 Å². The van der Waals surface area contributed by atoms with E-state index in [2.05, 4.69) is 9.82 Å². The van der Waals surface area contributed by atoms with E-state index in [4.69, 9.17) is 16.6 Å². The molecule has 0 spiro atoms. The molecule has 0 atom stereocenters. The minimum Gasteiger partial charge on any atom is -0.274 e. The first-order valence-corrected chi connectivity index (χ1v) is 11.8. The Hall–Kier alpha value is -3.49. The highest BCUT2D eigenvalue weighted by Crippen LogP contribution is 2.25. The smallest absolute Gasteiger partial charge is 0.274 e. The van der Waals surface area contributed by atoms with Crippen LogP contribution in [0, 0.1) is 0 Å². The van der Waals surface area contributed by atoms with Crippen LogP contribution in [0.5, 0.6) is 0 Å². The number of nitrogens with zero attached hydrogens (tertiary/aromatic N) is 4. The molecule has 5 rings (SSSR count). The third kappa shape index (κ3) is 3.57. The number of aryl methyl sites for hydroxylation is 1. The number of fused-ring (bicyclic) bond motifs is 3. The van der Waals surface area contributed by atoms with Gasteiger partial charge in [0.15, 0.2) is 0 Å². The second kappa shape index (κ2) is 7.89. The van der Waals surface area contributed by atoms with E-state index in [0.29, 0.717) is 11.6 Å². The third-order valence-corrected chi connectivity index (χ3v) is 6.83. The fourth-order valence-corrected chi connectivity index (χ4v) is 4.93. The van der Waals surface area contributed by atoms with E-state index in [1.807, 2.05) is 42.5 Å². The molecule has 1 aliphatic heterocycles. The van der Waals surface area contributed by atoms with Gasteiger partial charge in [-0.1, -0.05) is 60.1 Å². The van der Waals surface area contributed by atoms with E-state index >= 15 is 0 Å². The van der Waals surface area contributed by atoms with E-state index < -0.39 is 10.0 Å². The number of halogens is 1. The van der Waals surface area contributed by atoms with Crippen molar-refractivity contribution in [2.45, 2.75) is 11.4 Å². The quantitative estimate of drug-likeness (QED) is 0.469. The van der Waals surface area contributed by atoms with Crippen molar-refractivity contribution in [3.05, 3.63) is 101 Å².